The fraction of sp³-hybridized carbons (Fsp3) is 0. The van der Waals surface area contributed by atoms with E-state index in [4.69, 9.17) is 9.97 Å². The highest BCUT2D eigenvalue weighted by Crippen LogP contribution is 2.38. The third-order valence-electron chi connectivity index (χ3n) is 8.98. The van der Waals surface area contributed by atoms with Gasteiger partial charge in [0, 0.05) is 37.2 Å². The van der Waals surface area contributed by atoms with Crippen molar-refractivity contribution in [3.05, 3.63) is 183 Å². The topological polar surface area (TPSA) is 103 Å². The van der Waals surface area contributed by atoms with Gasteiger partial charge in [0.2, 0.25) is 0 Å². The van der Waals surface area contributed by atoms with Gasteiger partial charge in [0.15, 0.2) is 0 Å². The van der Waals surface area contributed by atoms with E-state index in [1.807, 2.05) is 103 Å². The Labute approximate surface area is 312 Å². The van der Waals surface area contributed by atoms with Crippen molar-refractivity contribution in [3.63, 3.8) is 0 Å². The van der Waals surface area contributed by atoms with E-state index in [9.17, 15) is 0 Å². The highest BCUT2D eigenvalue weighted by atomic mass is 14.8. The maximum absolute atomic E-state index is 5.03. The van der Waals surface area contributed by atoms with Crippen LogP contribution in [0.15, 0.2) is 183 Å². The van der Waals surface area contributed by atoms with Crippen LogP contribution in [0.5, 0.6) is 0 Å². The molecule has 0 aliphatic carbocycles. The predicted octanol–water partition coefficient (Wildman–Crippen LogP) is 10.2. The number of hydrogen-bond donors (Lipinski definition) is 0. The number of pyridine rings is 8. The molecule has 8 nitrogen and oxygen atoms in total. The molecule has 0 atom stereocenters. The molecule has 8 heterocycles. The normalized spacial score (nSPS) is 11.0. The molecule has 0 aliphatic rings. The SMILES string of the molecule is c1ccc(-c2cc(-c3cc(-c4cc(-c5ccccn5)nc(-c5ccccn5)c4)cc(-c4cc(-c5ccccn5)nc(-c5ccccn5)c4)c3)ccn2)nc1. The first-order valence-electron chi connectivity index (χ1n) is 17.5. The monoisotopic (exact) mass is 694 g/mol. The molecular weight excluding hydrogens is 665 g/mol. The molecule has 0 unspecified atom stereocenters. The molecule has 0 saturated heterocycles. The quantitative estimate of drug-likeness (QED) is 0.155. The first-order chi connectivity index (χ1) is 26.7. The van der Waals surface area contributed by atoms with Crippen molar-refractivity contribution in [1.29, 1.82) is 0 Å². The molecule has 0 bridgehead atoms. The molecule has 0 radical (unpaired) electrons. The summed E-state index contributed by atoms with van der Waals surface area (Å²) in [5, 5.41) is 0. The van der Waals surface area contributed by atoms with Crippen molar-refractivity contribution < 1.29 is 0 Å². The van der Waals surface area contributed by atoms with Crippen molar-refractivity contribution in [2.24, 2.45) is 0 Å². The van der Waals surface area contributed by atoms with Crippen LogP contribution < -0.4 is 0 Å². The lowest BCUT2D eigenvalue weighted by atomic mass is 9.92. The second-order valence-electron chi connectivity index (χ2n) is 12.6. The third kappa shape index (κ3) is 6.87. The van der Waals surface area contributed by atoms with Gasteiger partial charge in [0.25, 0.3) is 0 Å². The summed E-state index contributed by atoms with van der Waals surface area (Å²) < 4.78 is 0. The fourth-order valence-electron chi connectivity index (χ4n) is 6.37. The second kappa shape index (κ2) is 14.6. The lowest BCUT2D eigenvalue weighted by Crippen LogP contribution is -1.96. The molecule has 9 rings (SSSR count). The molecule has 54 heavy (non-hydrogen) atoms. The third-order valence-corrected chi connectivity index (χ3v) is 8.98. The standard InChI is InChI=1S/C46H30N8/c1-6-17-47-37(11-1)42-26-31(16-22-52-42)32-23-33(35-27-43(38-12-2-7-18-48-38)53-44(28-35)39-13-3-8-19-49-39)25-34(24-32)36-29-45(40-14-4-9-20-50-40)54-46(30-36)41-15-5-10-21-51-41/h1-30H. The molecule has 0 fully saturated rings. The summed E-state index contributed by atoms with van der Waals surface area (Å²) in [6.07, 6.45) is 10.8. The smallest absolute Gasteiger partial charge is 0.0900 e. The van der Waals surface area contributed by atoms with Gasteiger partial charge in [-0.05, 0) is 149 Å². The summed E-state index contributed by atoms with van der Waals surface area (Å²) >= 11 is 0. The van der Waals surface area contributed by atoms with E-state index < -0.39 is 0 Å². The van der Waals surface area contributed by atoms with Gasteiger partial charge >= 0.3 is 0 Å². The van der Waals surface area contributed by atoms with Crippen LogP contribution in [0.4, 0.5) is 0 Å². The molecule has 0 saturated carbocycles. The Bertz CT molecular complexity index is 2430. The van der Waals surface area contributed by atoms with E-state index in [1.54, 1.807) is 31.0 Å². The number of benzene rings is 1. The zero-order valence-corrected chi connectivity index (χ0v) is 28.9. The first kappa shape index (κ1) is 32.3. The highest BCUT2D eigenvalue weighted by Gasteiger charge is 2.16. The number of hydrogen-bond acceptors (Lipinski definition) is 8. The average molecular weight is 695 g/mol. The number of nitrogens with zero attached hydrogens (tertiary/aromatic N) is 8. The van der Waals surface area contributed by atoms with Crippen molar-refractivity contribution in [2.75, 3.05) is 0 Å². The highest BCUT2D eigenvalue weighted by molar-refractivity contribution is 5.86. The Morgan fingerprint density at radius 1 is 0.204 bits per heavy atom. The van der Waals surface area contributed by atoms with Crippen LogP contribution in [0, 0.1) is 0 Å². The Balaban J connectivity index is 1.28. The minimum absolute atomic E-state index is 0.751. The molecule has 0 amide bonds. The summed E-state index contributed by atoms with van der Waals surface area (Å²) in [6, 6.07) is 48.4. The summed E-state index contributed by atoms with van der Waals surface area (Å²) in [6.45, 7) is 0. The van der Waals surface area contributed by atoms with Crippen molar-refractivity contribution in [2.45, 2.75) is 0 Å². The van der Waals surface area contributed by atoms with Crippen molar-refractivity contribution in [3.8, 4) is 90.3 Å². The molecule has 0 N–H and O–H groups in total. The first-order valence-corrected chi connectivity index (χ1v) is 17.5. The molecule has 254 valence electrons. The average Bonchev–Trinajstić information content (AvgIpc) is 3.27. The van der Waals surface area contributed by atoms with Crippen LogP contribution in [-0.2, 0) is 0 Å². The Kier molecular flexibility index (Phi) is 8.73. The molecule has 8 aromatic heterocycles. The minimum Gasteiger partial charge on any atom is -0.255 e. The molecule has 8 heteroatoms. The molecule has 0 aliphatic heterocycles. The van der Waals surface area contributed by atoms with E-state index in [2.05, 4.69) is 78.4 Å². The fourth-order valence-corrected chi connectivity index (χ4v) is 6.37. The van der Waals surface area contributed by atoms with Gasteiger partial charge in [0.05, 0.1) is 56.9 Å². The van der Waals surface area contributed by atoms with Gasteiger partial charge in [-0.15, -0.1) is 0 Å². The van der Waals surface area contributed by atoms with Crippen LogP contribution >= 0.6 is 0 Å². The van der Waals surface area contributed by atoms with Gasteiger partial charge < -0.3 is 0 Å². The van der Waals surface area contributed by atoms with E-state index in [1.165, 1.54) is 0 Å². The Morgan fingerprint density at radius 3 is 0.815 bits per heavy atom. The van der Waals surface area contributed by atoms with Gasteiger partial charge in [-0.2, -0.15) is 0 Å². The molecule has 0 spiro atoms. The van der Waals surface area contributed by atoms with Crippen molar-refractivity contribution in [1.82, 2.24) is 39.9 Å². The van der Waals surface area contributed by atoms with E-state index in [0.717, 1.165) is 90.3 Å². The summed E-state index contributed by atoms with van der Waals surface area (Å²) in [7, 11) is 0. The van der Waals surface area contributed by atoms with Crippen LogP contribution in [-0.4, -0.2) is 39.9 Å². The number of aromatic nitrogens is 8. The lowest BCUT2D eigenvalue weighted by Gasteiger charge is -2.15. The van der Waals surface area contributed by atoms with Gasteiger partial charge in [-0.1, -0.05) is 30.3 Å². The predicted molar refractivity (Wildman–Crippen MR) is 212 cm³/mol. The van der Waals surface area contributed by atoms with E-state index in [0.29, 0.717) is 0 Å². The molecule has 1 aromatic carbocycles. The van der Waals surface area contributed by atoms with Crippen LogP contribution in [0.2, 0.25) is 0 Å². The second-order valence-corrected chi connectivity index (χ2v) is 12.6. The van der Waals surface area contributed by atoms with Gasteiger partial charge in [-0.3, -0.25) is 29.9 Å². The van der Waals surface area contributed by atoms with Crippen LogP contribution in [0.25, 0.3) is 90.3 Å². The number of rotatable bonds is 8. The zero-order chi connectivity index (χ0) is 36.1. The largest absolute Gasteiger partial charge is 0.255 e. The van der Waals surface area contributed by atoms with E-state index in [-0.39, 0.29) is 0 Å². The summed E-state index contributed by atoms with van der Waals surface area (Å²) in [5.74, 6) is 0. The molecular formula is C46H30N8. The van der Waals surface area contributed by atoms with Crippen LogP contribution in [0.1, 0.15) is 0 Å². The maximum Gasteiger partial charge on any atom is 0.0900 e. The summed E-state index contributed by atoms with van der Waals surface area (Å²) in [5.41, 5.74) is 13.6. The summed E-state index contributed by atoms with van der Waals surface area (Å²) in [4.78, 5) is 37.9. The Hall–Kier alpha value is -7.58. The van der Waals surface area contributed by atoms with E-state index >= 15 is 0 Å². The lowest BCUT2D eigenvalue weighted by molar-refractivity contribution is 1.22. The minimum atomic E-state index is 0.751. The van der Waals surface area contributed by atoms with Crippen LogP contribution in [0.3, 0.4) is 0 Å². The van der Waals surface area contributed by atoms with Crippen molar-refractivity contribution >= 4 is 0 Å². The van der Waals surface area contributed by atoms with Gasteiger partial charge in [0.1, 0.15) is 0 Å². The molecule has 9 aromatic rings. The van der Waals surface area contributed by atoms with Gasteiger partial charge in [-0.25, -0.2) is 9.97 Å². The Morgan fingerprint density at radius 2 is 0.481 bits per heavy atom. The maximum atomic E-state index is 5.03. The zero-order valence-electron chi connectivity index (χ0n) is 28.9.